The molecule has 0 saturated heterocycles. The quantitative estimate of drug-likeness (QED) is 0.195. The van der Waals surface area contributed by atoms with Gasteiger partial charge in [0.05, 0.1) is 0 Å². The highest BCUT2D eigenvalue weighted by Crippen LogP contribution is 2.23. The molecule has 178 valence electrons. The van der Waals surface area contributed by atoms with E-state index >= 15 is 0 Å². The van der Waals surface area contributed by atoms with Gasteiger partial charge >= 0.3 is 0 Å². The van der Waals surface area contributed by atoms with Crippen molar-refractivity contribution in [1.29, 1.82) is 0 Å². The third kappa shape index (κ3) is 6.75. The van der Waals surface area contributed by atoms with Gasteiger partial charge in [-0.25, -0.2) is 4.39 Å². The van der Waals surface area contributed by atoms with Crippen molar-refractivity contribution < 1.29 is 4.39 Å². The molecule has 0 nitrogen and oxygen atoms in total. The lowest BCUT2D eigenvalue weighted by Gasteiger charge is -2.06. The van der Waals surface area contributed by atoms with Gasteiger partial charge in [0.2, 0.25) is 0 Å². The van der Waals surface area contributed by atoms with Crippen LogP contribution in [0.15, 0.2) is 91.0 Å². The van der Waals surface area contributed by atoms with Gasteiger partial charge in [0.25, 0.3) is 0 Å². The lowest BCUT2D eigenvalue weighted by atomic mass is 10.0. The van der Waals surface area contributed by atoms with Crippen molar-refractivity contribution >= 4 is 10.8 Å². The lowest BCUT2D eigenvalue weighted by Crippen LogP contribution is -1.92. The zero-order valence-corrected chi connectivity index (χ0v) is 21.1. The summed E-state index contributed by atoms with van der Waals surface area (Å²) in [6, 6.07) is 26.0. The van der Waals surface area contributed by atoms with Gasteiger partial charge in [0, 0.05) is 27.6 Å². The van der Waals surface area contributed by atoms with Crippen LogP contribution in [0.25, 0.3) is 10.8 Å². The molecule has 0 aliphatic rings. The van der Waals surface area contributed by atoms with Crippen LogP contribution in [0.4, 0.5) is 4.39 Å². The number of halogens is 1. The summed E-state index contributed by atoms with van der Waals surface area (Å²) in [5, 5.41) is 1.55. The van der Waals surface area contributed by atoms with Crippen molar-refractivity contribution in [3.63, 3.8) is 0 Å². The molecule has 4 aromatic rings. The zero-order chi connectivity index (χ0) is 25.2. The Bertz CT molecular complexity index is 1460. The molecular weight excluding hydrogens is 439 g/mol. The van der Waals surface area contributed by atoms with Gasteiger partial charge < -0.3 is 0 Å². The summed E-state index contributed by atoms with van der Waals surface area (Å²) in [5.74, 6) is 12.8. The summed E-state index contributed by atoms with van der Waals surface area (Å²) in [6.45, 7) is 4.17. The van der Waals surface area contributed by atoms with E-state index in [0.29, 0.717) is 5.39 Å². The Morgan fingerprint density at radius 2 is 1.28 bits per heavy atom. The van der Waals surface area contributed by atoms with Gasteiger partial charge in [-0.15, -0.1) is 0 Å². The average Bonchev–Trinajstić information content (AvgIpc) is 2.92. The highest BCUT2D eigenvalue weighted by Gasteiger charge is 2.07. The third-order valence-corrected chi connectivity index (χ3v) is 6.21. The maximum atomic E-state index is 14.8. The fourth-order valence-corrected chi connectivity index (χ4v) is 4.07. The van der Waals surface area contributed by atoms with E-state index in [4.69, 9.17) is 0 Å². The van der Waals surface area contributed by atoms with Gasteiger partial charge in [-0.2, -0.15) is 0 Å². The molecule has 0 aliphatic heterocycles. The average molecular weight is 471 g/mol. The van der Waals surface area contributed by atoms with E-state index < -0.39 is 0 Å². The Balaban J connectivity index is 1.42. The molecule has 0 aliphatic carbocycles. The summed E-state index contributed by atoms with van der Waals surface area (Å²) < 4.78 is 14.8. The number of allylic oxidation sites excluding steroid dienone is 2. The molecule has 0 radical (unpaired) electrons. The predicted octanol–water partition coefficient (Wildman–Crippen LogP) is 8.63. The second-order valence-corrected chi connectivity index (χ2v) is 8.96. The first-order valence-electron chi connectivity index (χ1n) is 12.7. The fourth-order valence-electron chi connectivity index (χ4n) is 4.07. The Kier molecular flexibility index (Phi) is 8.75. The molecule has 36 heavy (non-hydrogen) atoms. The molecule has 0 unspecified atom stereocenters. The monoisotopic (exact) mass is 470 g/mol. The van der Waals surface area contributed by atoms with Crippen LogP contribution in [-0.4, -0.2) is 0 Å². The van der Waals surface area contributed by atoms with Gasteiger partial charge in [0.15, 0.2) is 0 Å². The Morgan fingerprint density at radius 1 is 0.694 bits per heavy atom. The second kappa shape index (κ2) is 12.6. The van der Waals surface area contributed by atoms with E-state index in [1.807, 2.05) is 54.6 Å². The van der Waals surface area contributed by atoms with Crippen molar-refractivity contribution in [2.75, 3.05) is 0 Å². The summed E-state index contributed by atoms with van der Waals surface area (Å²) >= 11 is 0. The SMILES string of the molecule is C/C=C/CCc1ccc(C#Cc2ccc(C#Cc3ccc4c(F)c(CCCC)ccc4c3)cc2)cc1. The molecule has 0 bridgehead atoms. The summed E-state index contributed by atoms with van der Waals surface area (Å²) in [7, 11) is 0. The van der Waals surface area contributed by atoms with Crippen molar-refractivity contribution in [2.24, 2.45) is 0 Å². The molecule has 0 saturated carbocycles. The van der Waals surface area contributed by atoms with Crippen LogP contribution in [0.1, 0.15) is 66.5 Å². The van der Waals surface area contributed by atoms with Crippen LogP contribution in [-0.2, 0) is 12.8 Å². The van der Waals surface area contributed by atoms with E-state index in [1.54, 1.807) is 0 Å². The molecule has 0 atom stereocenters. The molecule has 0 amide bonds. The second-order valence-electron chi connectivity index (χ2n) is 8.96. The number of hydrogen-bond acceptors (Lipinski definition) is 0. The zero-order valence-electron chi connectivity index (χ0n) is 21.1. The van der Waals surface area contributed by atoms with Crippen molar-refractivity contribution in [2.45, 2.75) is 46.0 Å². The molecule has 0 spiro atoms. The molecule has 0 N–H and O–H groups in total. The summed E-state index contributed by atoms with van der Waals surface area (Å²) in [5.41, 5.74) is 5.89. The Labute approximate surface area is 214 Å². The van der Waals surface area contributed by atoms with Crippen molar-refractivity contribution in [1.82, 2.24) is 0 Å². The molecule has 4 rings (SSSR count). The number of aryl methyl sites for hydroxylation is 2. The number of hydrogen-bond donors (Lipinski definition) is 0. The topological polar surface area (TPSA) is 0 Å². The van der Waals surface area contributed by atoms with Crippen LogP contribution >= 0.6 is 0 Å². The van der Waals surface area contributed by atoms with Crippen LogP contribution in [0.5, 0.6) is 0 Å². The van der Waals surface area contributed by atoms with Crippen LogP contribution < -0.4 is 0 Å². The molecule has 0 aromatic heterocycles. The highest BCUT2D eigenvalue weighted by molar-refractivity contribution is 5.85. The van der Waals surface area contributed by atoms with E-state index in [-0.39, 0.29) is 5.82 Å². The predicted molar refractivity (Wildman–Crippen MR) is 150 cm³/mol. The largest absolute Gasteiger partial charge is 0.206 e. The first-order chi connectivity index (χ1) is 17.7. The van der Waals surface area contributed by atoms with Crippen LogP contribution in [0.3, 0.4) is 0 Å². The standard InChI is InChI=1S/C35H31F/c1-3-5-7-8-27-10-12-28(13-11-27)14-15-29-16-18-30(19-17-29)20-21-31-22-25-34-33(26-31)24-23-32(35(34)36)9-6-4-2/h3,5,10-13,16-19,22-26H,4,6-9H2,1-2H3/b5-3+. The normalized spacial score (nSPS) is 10.6. The first-order valence-corrected chi connectivity index (χ1v) is 12.7. The Hall–Kier alpha value is -4.07. The van der Waals surface area contributed by atoms with E-state index in [9.17, 15) is 4.39 Å². The van der Waals surface area contributed by atoms with Crippen molar-refractivity contribution in [3.8, 4) is 23.7 Å². The minimum absolute atomic E-state index is 0.0995. The maximum absolute atomic E-state index is 14.8. The number of fused-ring (bicyclic) bond motifs is 1. The summed E-state index contributed by atoms with van der Waals surface area (Å²) in [4.78, 5) is 0. The maximum Gasteiger partial charge on any atom is 0.134 e. The molecule has 0 heterocycles. The lowest BCUT2D eigenvalue weighted by molar-refractivity contribution is 0.614. The molecule has 4 aromatic carbocycles. The van der Waals surface area contributed by atoms with Gasteiger partial charge in [-0.05, 0) is 97.7 Å². The number of rotatable bonds is 6. The highest BCUT2D eigenvalue weighted by atomic mass is 19.1. The minimum Gasteiger partial charge on any atom is -0.206 e. The Morgan fingerprint density at radius 3 is 1.89 bits per heavy atom. The van der Waals surface area contributed by atoms with Crippen molar-refractivity contribution in [3.05, 3.63) is 130 Å². The molecule has 0 fully saturated rings. The molecule has 1 heteroatoms. The first kappa shape index (κ1) is 25.0. The minimum atomic E-state index is -0.0995. The number of unbranched alkanes of at least 4 members (excludes halogenated alkanes) is 1. The number of benzene rings is 4. The van der Waals surface area contributed by atoms with Crippen LogP contribution in [0.2, 0.25) is 0 Å². The fraction of sp³-hybridized carbons (Fsp3) is 0.200. The molecular formula is C35H31F. The van der Waals surface area contributed by atoms with E-state index in [2.05, 4.69) is 73.9 Å². The van der Waals surface area contributed by atoms with Gasteiger partial charge in [-0.3, -0.25) is 0 Å². The smallest absolute Gasteiger partial charge is 0.134 e. The van der Waals surface area contributed by atoms with E-state index in [0.717, 1.165) is 65.3 Å². The van der Waals surface area contributed by atoms with Crippen LogP contribution in [0, 0.1) is 29.5 Å². The third-order valence-electron chi connectivity index (χ3n) is 6.21. The van der Waals surface area contributed by atoms with E-state index in [1.165, 1.54) is 5.56 Å². The van der Waals surface area contributed by atoms with Gasteiger partial charge in [-0.1, -0.05) is 79.5 Å². The summed E-state index contributed by atoms with van der Waals surface area (Å²) in [6.07, 6.45) is 9.24. The van der Waals surface area contributed by atoms with Gasteiger partial charge in [0.1, 0.15) is 5.82 Å².